The summed E-state index contributed by atoms with van der Waals surface area (Å²) in [6.45, 7) is 0.895. The van der Waals surface area contributed by atoms with Gasteiger partial charge in [-0.2, -0.15) is 0 Å². The molecule has 21 heteroatoms. The maximum Gasteiger partial charge on any atom is 0.187 e. The standard InChI is InChI=1S/C27H56N8O13/c28-1-2-35-3-4-42-22-12(7-30)44-26(15(34)19(22)40)46-21-10(32)5-9(31)16(37)24(21)48-27-20(41)23(13(8-36)45-27)47-25-14(33)18(39)17(38)11(6-29)43-25/h9-27,35-41H,1-8,28-34H2/t9-,10?,11+,12?,13-,14-,15?,16?,17?,18?,19-,20?,21-,22-,23+,24-,25?,26-,27?/m1/s1. The van der Waals surface area contributed by atoms with Gasteiger partial charge < -0.3 is 109 Å². The van der Waals surface area contributed by atoms with E-state index in [1.54, 1.807) is 0 Å². The molecule has 21 nitrogen and oxygen atoms in total. The first-order valence-corrected chi connectivity index (χ1v) is 16.3. The highest BCUT2D eigenvalue weighted by atomic mass is 16.8. The lowest BCUT2D eigenvalue weighted by Crippen LogP contribution is -2.68. The van der Waals surface area contributed by atoms with Gasteiger partial charge in [0.2, 0.25) is 0 Å². The van der Waals surface area contributed by atoms with Crippen LogP contribution in [0.1, 0.15) is 6.42 Å². The molecule has 0 aromatic heterocycles. The van der Waals surface area contributed by atoms with Crippen molar-refractivity contribution in [1.82, 2.24) is 5.32 Å². The molecule has 1 aliphatic carbocycles. The number of ether oxygens (including phenoxy) is 7. The predicted octanol–water partition coefficient (Wildman–Crippen LogP) is -9.32. The Morgan fingerprint density at radius 3 is 1.79 bits per heavy atom. The minimum atomic E-state index is -1.60. The smallest absolute Gasteiger partial charge is 0.187 e. The van der Waals surface area contributed by atoms with E-state index in [-0.39, 0.29) is 26.1 Å². The van der Waals surface area contributed by atoms with E-state index in [1.807, 2.05) is 0 Å². The van der Waals surface area contributed by atoms with Gasteiger partial charge in [0.1, 0.15) is 67.1 Å². The highest BCUT2D eigenvalue weighted by Crippen LogP contribution is 2.34. The van der Waals surface area contributed by atoms with Crippen LogP contribution in [0.4, 0.5) is 0 Å². The van der Waals surface area contributed by atoms with Crippen LogP contribution in [0.3, 0.4) is 0 Å². The van der Waals surface area contributed by atoms with Crippen LogP contribution in [0, 0.1) is 0 Å². The van der Waals surface area contributed by atoms with Gasteiger partial charge in [0.25, 0.3) is 0 Å². The molecule has 9 unspecified atom stereocenters. The van der Waals surface area contributed by atoms with Gasteiger partial charge >= 0.3 is 0 Å². The van der Waals surface area contributed by atoms with Crippen LogP contribution in [-0.4, -0.2) is 193 Å². The molecule has 1 saturated carbocycles. The fraction of sp³-hybridized carbons (Fsp3) is 1.00. The Kier molecular flexibility index (Phi) is 15.0. The zero-order valence-corrected chi connectivity index (χ0v) is 26.7. The highest BCUT2D eigenvalue weighted by molar-refractivity contribution is 5.02. The van der Waals surface area contributed by atoms with Crippen molar-refractivity contribution in [3.63, 3.8) is 0 Å². The first-order valence-electron chi connectivity index (χ1n) is 16.3. The van der Waals surface area contributed by atoms with Gasteiger partial charge in [-0.1, -0.05) is 0 Å². The van der Waals surface area contributed by atoms with Gasteiger partial charge in [-0.15, -0.1) is 0 Å². The number of aliphatic hydroxyl groups is 6. The number of nitrogens with two attached hydrogens (primary N) is 7. The molecule has 0 spiro atoms. The van der Waals surface area contributed by atoms with Gasteiger partial charge in [0.05, 0.1) is 31.4 Å². The second kappa shape index (κ2) is 18.1. The zero-order chi connectivity index (χ0) is 35.3. The summed E-state index contributed by atoms with van der Waals surface area (Å²) in [5.41, 5.74) is 42.0. The van der Waals surface area contributed by atoms with Crippen molar-refractivity contribution in [1.29, 1.82) is 0 Å². The Balaban J connectivity index is 1.45. The normalized spacial score (nSPS) is 48.6. The molecule has 19 atom stereocenters. The third kappa shape index (κ3) is 8.78. The minimum Gasteiger partial charge on any atom is -0.394 e. The lowest BCUT2D eigenvalue weighted by molar-refractivity contribution is -0.310. The van der Waals surface area contributed by atoms with E-state index in [2.05, 4.69) is 5.32 Å². The molecule has 3 saturated heterocycles. The van der Waals surface area contributed by atoms with Crippen molar-refractivity contribution in [2.75, 3.05) is 45.9 Å². The van der Waals surface area contributed by atoms with Crippen LogP contribution in [0.2, 0.25) is 0 Å². The summed E-state index contributed by atoms with van der Waals surface area (Å²) < 4.78 is 41.3. The maximum absolute atomic E-state index is 11.2. The molecule has 0 radical (unpaired) electrons. The minimum absolute atomic E-state index is 0.0445. The maximum atomic E-state index is 11.2. The van der Waals surface area contributed by atoms with Crippen LogP contribution in [0.15, 0.2) is 0 Å². The second-order valence-corrected chi connectivity index (χ2v) is 12.6. The fourth-order valence-electron chi connectivity index (χ4n) is 6.43. The fourth-order valence-corrected chi connectivity index (χ4v) is 6.43. The van der Waals surface area contributed by atoms with E-state index in [0.717, 1.165) is 0 Å². The Morgan fingerprint density at radius 1 is 0.583 bits per heavy atom. The van der Waals surface area contributed by atoms with E-state index in [1.165, 1.54) is 0 Å². The van der Waals surface area contributed by atoms with Crippen molar-refractivity contribution < 1.29 is 63.8 Å². The third-order valence-corrected chi connectivity index (χ3v) is 9.25. The zero-order valence-electron chi connectivity index (χ0n) is 26.7. The topological polar surface area (TPSA) is 380 Å². The van der Waals surface area contributed by atoms with E-state index >= 15 is 0 Å². The van der Waals surface area contributed by atoms with E-state index < -0.39 is 123 Å². The van der Waals surface area contributed by atoms with Crippen LogP contribution < -0.4 is 45.5 Å². The first-order chi connectivity index (χ1) is 22.9. The van der Waals surface area contributed by atoms with Gasteiger partial charge in [-0.05, 0) is 6.42 Å². The second-order valence-electron chi connectivity index (χ2n) is 12.6. The highest BCUT2D eigenvalue weighted by Gasteiger charge is 2.54. The van der Waals surface area contributed by atoms with Crippen molar-refractivity contribution in [2.24, 2.45) is 40.1 Å². The van der Waals surface area contributed by atoms with E-state index in [4.69, 9.17) is 73.3 Å². The number of hydrogen-bond donors (Lipinski definition) is 14. The molecule has 4 aliphatic rings. The lowest BCUT2D eigenvalue weighted by atomic mass is 9.84. The van der Waals surface area contributed by atoms with Crippen molar-refractivity contribution in [3.05, 3.63) is 0 Å². The molecule has 282 valence electrons. The van der Waals surface area contributed by atoms with Gasteiger partial charge in [0.15, 0.2) is 18.9 Å². The predicted molar refractivity (Wildman–Crippen MR) is 164 cm³/mol. The molecule has 0 bridgehead atoms. The molecular weight excluding hydrogens is 644 g/mol. The summed E-state index contributed by atoms with van der Waals surface area (Å²) in [5.74, 6) is 0. The van der Waals surface area contributed by atoms with Crippen LogP contribution in [0.25, 0.3) is 0 Å². The summed E-state index contributed by atoms with van der Waals surface area (Å²) in [6, 6.07) is -4.08. The molecule has 0 aromatic carbocycles. The summed E-state index contributed by atoms with van der Waals surface area (Å²) in [4.78, 5) is 0. The van der Waals surface area contributed by atoms with E-state index in [9.17, 15) is 30.6 Å². The number of hydrogen-bond acceptors (Lipinski definition) is 21. The Hall–Kier alpha value is -0.840. The van der Waals surface area contributed by atoms with Crippen LogP contribution in [0.5, 0.6) is 0 Å². The third-order valence-electron chi connectivity index (χ3n) is 9.25. The average Bonchev–Trinajstić information content (AvgIpc) is 3.37. The SMILES string of the molecule is NCCNCCO[C@@H]1C(CN)O[C@H](O[C@@H]2C(N)C[C@@H](N)C(O)[C@H]2OC2O[C@H](CO)[C@H](OC3O[C@@H](CN)C(O)C(O)[C@H]3N)C2O)C(N)[C@H]1O. The number of nitrogens with one attached hydrogen (secondary N) is 1. The van der Waals surface area contributed by atoms with Crippen LogP contribution in [-0.2, 0) is 33.2 Å². The Bertz CT molecular complexity index is 967. The molecule has 4 fully saturated rings. The lowest BCUT2D eigenvalue weighted by Gasteiger charge is -2.48. The molecule has 3 heterocycles. The van der Waals surface area contributed by atoms with Crippen molar-refractivity contribution >= 4 is 0 Å². The largest absolute Gasteiger partial charge is 0.394 e. The van der Waals surface area contributed by atoms with Gasteiger partial charge in [0, 0.05) is 44.8 Å². The molecule has 48 heavy (non-hydrogen) atoms. The van der Waals surface area contributed by atoms with Gasteiger partial charge in [-0.3, -0.25) is 0 Å². The Morgan fingerprint density at radius 2 is 1.17 bits per heavy atom. The monoisotopic (exact) mass is 700 g/mol. The summed E-state index contributed by atoms with van der Waals surface area (Å²) in [7, 11) is 0. The Labute approximate surface area is 278 Å². The molecule has 3 aliphatic heterocycles. The first kappa shape index (κ1) is 39.9. The summed E-state index contributed by atoms with van der Waals surface area (Å²) >= 11 is 0. The quantitative estimate of drug-likeness (QED) is 0.0705. The molecule has 0 aromatic rings. The summed E-state index contributed by atoms with van der Waals surface area (Å²) in [6.07, 6.45) is -18.8. The summed E-state index contributed by atoms with van der Waals surface area (Å²) in [5, 5.41) is 67.1. The van der Waals surface area contributed by atoms with Crippen molar-refractivity contribution in [3.8, 4) is 0 Å². The van der Waals surface area contributed by atoms with Crippen LogP contribution >= 0.6 is 0 Å². The molecule has 21 N–H and O–H groups in total. The molecule has 4 rings (SSSR count). The number of rotatable bonds is 15. The average molecular weight is 701 g/mol. The molecule has 0 amide bonds. The van der Waals surface area contributed by atoms with Gasteiger partial charge in [-0.25, -0.2) is 0 Å². The van der Waals surface area contributed by atoms with Crippen molar-refractivity contribution in [2.45, 2.75) is 123 Å². The van der Waals surface area contributed by atoms with E-state index in [0.29, 0.717) is 19.6 Å². The molecular formula is C27H56N8O13. The number of aliphatic hydroxyl groups excluding tert-OH is 6.